The lowest BCUT2D eigenvalue weighted by Crippen LogP contribution is -2.53. The van der Waals surface area contributed by atoms with E-state index in [9.17, 15) is 9.59 Å². The third kappa shape index (κ3) is 2.36. The molecular formula is C17H19N5O2. The fourth-order valence-electron chi connectivity index (χ4n) is 3.84. The molecule has 7 heteroatoms. The van der Waals surface area contributed by atoms with Crippen molar-refractivity contribution in [2.24, 2.45) is 7.05 Å². The van der Waals surface area contributed by atoms with Gasteiger partial charge in [0.2, 0.25) is 5.91 Å². The average Bonchev–Trinajstić information content (AvgIpc) is 3.21. The molecule has 2 saturated heterocycles. The Balaban J connectivity index is 1.61. The van der Waals surface area contributed by atoms with E-state index in [0.29, 0.717) is 18.5 Å². The van der Waals surface area contributed by atoms with E-state index in [1.54, 1.807) is 35.4 Å². The average molecular weight is 325 g/mol. The summed E-state index contributed by atoms with van der Waals surface area (Å²) in [5.74, 6) is 0.132. The summed E-state index contributed by atoms with van der Waals surface area (Å²) in [5.41, 5.74) is 1.46. The smallest absolute Gasteiger partial charge is 0.254 e. The van der Waals surface area contributed by atoms with E-state index in [4.69, 9.17) is 0 Å². The second-order valence-corrected chi connectivity index (χ2v) is 6.33. The van der Waals surface area contributed by atoms with Gasteiger partial charge in [0.05, 0.1) is 24.0 Å². The zero-order valence-corrected chi connectivity index (χ0v) is 13.5. The molecular weight excluding hydrogens is 306 g/mol. The van der Waals surface area contributed by atoms with Crippen molar-refractivity contribution in [3.63, 3.8) is 0 Å². The highest BCUT2D eigenvalue weighted by atomic mass is 16.2. The van der Waals surface area contributed by atoms with E-state index in [1.165, 1.54) is 0 Å². The van der Waals surface area contributed by atoms with Crippen molar-refractivity contribution < 1.29 is 9.59 Å². The fraction of sp³-hybridized carbons (Fsp3) is 0.412. The van der Waals surface area contributed by atoms with Crippen LogP contribution in [0.15, 0.2) is 36.9 Å². The Hall–Kier alpha value is -2.70. The van der Waals surface area contributed by atoms with E-state index in [2.05, 4.69) is 10.1 Å². The summed E-state index contributed by atoms with van der Waals surface area (Å²) in [5, 5.41) is 4.18. The number of anilines is 1. The van der Waals surface area contributed by atoms with Crippen LogP contribution in [-0.2, 0) is 11.8 Å². The van der Waals surface area contributed by atoms with Crippen molar-refractivity contribution in [1.29, 1.82) is 0 Å². The Morgan fingerprint density at radius 3 is 2.71 bits per heavy atom. The number of carbonyl (C=O) groups is 2. The number of hydrogen-bond acceptors (Lipinski definition) is 4. The molecule has 2 aliphatic rings. The van der Waals surface area contributed by atoms with Crippen molar-refractivity contribution in [2.75, 3.05) is 11.4 Å². The molecule has 0 unspecified atom stereocenters. The molecule has 0 N–H and O–H groups in total. The van der Waals surface area contributed by atoms with Gasteiger partial charge in [-0.25, -0.2) is 0 Å². The number of hydrogen-bond donors (Lipinski definition) is 0. The number of pyridine rings is 1. The lowest BCUT2D eigenvalue weighted by atomic mass is 9.95. The molecule has 0 saturated carbocycles. The lowest BCUT2D eigenvalue weighted by molar-refractivity contribution is -0.120. The number of piperidine rings is 1. The van der Waals surface area contributed by atoms with E-state index in [-0.39, 0.29) is 23.9 Å². The first-order chi connectivity index (χ1) is 11.6. The summed E-state index contributed by atoms with van der Waals surface area (Å²) in [6.45, 7) is 0.667. The molecule has 2 fully saturated rings. The third-order valence-electron chi connectivity index (χ3n) is 4.92. The summed E-state index contributed by atoms with van der Waals surface area (Å²) < 4.78 is 1.70. The van der Waals surface area contributed by atoms with Gasteiger partial charge in [0.25, 0.3) is 5.91 Å². The first kappa shape index (κ1) is 14.9. The highest BCUT2D eigenvalue weighted by Gasteiger charge is 2.45. The first-order valence-electron chi connectivity index (χ1n) is 8.17. The van der Waals surface area contributed by atoms with Gasteiger partial charge in [-0.15, -0.1) is 0 Å². The molecule has 4 rings (SSSR count). The van der Waals surface area contributed by atoms with Crippen LogP contribution in [0.1, 0.15) is 29.6 Å². The molecule has 7 nitrogen and oxygen atoms in total. The molecule has 0 bridgehead atoms. The van der Waals surface area contributed by atoms with Crippen LogP contribution >= 0.6 is 0 Å². The zero-order chi connectivity index (χ0) is 16.7. The van der Waals surface area contributed by atoms with Crippen molar-refractivity contribution in [1.82, 2.24) is 19.7 Å². The number of aryl methyl sites for hydroxylation is 1. The van der Waals surface area contributed by atoms with Crippen molar-refractivity contribution in [2.45, 2.75) is 31.3 Å². The maximum atomic E-state index is 12.8. The molecule has 0 aliphatic carbocycles. The fourth-order valence-corrected chi connectivity index (χ4v) is 3.84. The maximum Gasteiger partial charge on any atom is 0.254 e. The lowest BCUT2D eigenvalue weighted by Gasteiger charge is -2.39. The van der Waals surface area contributed by atoms with Crippen molar-refractivity contribution in [3.8, 4) is 0 Å². The van der Waals surface area contributed by atoms with E-state index in [1.807, 2.05) is 23.0 Å². The minimum Gasteiger partial charge on any atom is -0.333 e. The van der Waals surface area contributed by atoms with Gasteiger partial charge in [-0.1, -0.05) is 0 Å². The largest absolute Gasteiger partial charge is 0.333 e. The molecule has 0 radical (unpaired) electrons. The van der Waals surface area contributed by atoms with Crippen LogP contribution in [0.25, 0.3) is 0 Å². The van der Waals surface area contributed by atoms with E-state index < -0.39 is 0 Å². The molecule has 2 aromatic heterocycles. The van der Waals surface area contributed by atoms with Gasteiger partial charge < -0.3 is 9.80 Å². The normalized spacial score (nSPS) is 23.5. The number of likely N-dealkylation sites (tertiary alicyclic amines) is 1. The molecule has 24 heavy (non-hydrogen) atoms. The second-order valence-electron chi connectivity index (χ2n) is 6.33. The molecule has 0 aromatic carbocycles. The number of carbonyl (C=O) groups excluding carboxylic acids is 2. The SMILES string of the molecule is Cn1cc(N2C(=O)CC[C@H]3[C@H]2CCN3C(=O)c2ccncc2)cn1. The quantitative estimate of drug-likeness (QED) is 0.832. The van der Waals surface area contributed by atoms with Gasteiger partial charge in [0, 0.05) is 44.2 Å². The number of rotatable bonds is 2. The van der Waals surface area contributed by atoms with Crippen LogP contribution < -0.4 is 4.90 Å². The highest BCUT2D eigenvalue weighted by molar-refractivity contribution is 5.97. The topological polar surface area (TPSA) is 71.3 Å². The Morgan fingerprint density at radius 2 is 2.00 bits per heavy atom. The minimum absolute atomic E-state index is 0.0189. The van der Waals surface area contributed by atoms with Crippen LogP contribution in [0, 0.1) is 0 Å². The standard InChI is InChI=1S/C17H19N5O2/c1-20-11-13(10-19-20)22-15-6-9-21(14(15)2-3-16(22)23)17(24)12-4-7-18-8-5-12/h4-5,7-8,10-11,14-15H,2-3,6,9H2,1H3/t14-,15+/m0/s1. The summed E-state index contributed by atoms with van der Waals surface area (Å²) in [6.07, 6.45) is 8.80. The van der Waals surface area contributed by atoms with Crippen LogP contribution in [0.2, 0.25) is 0 Å². The number of nitrogens with zero attached hydrogens (tertiary/aromatic N) is 5. The summed E-state index contributed by atoms with van der Waals surface area (Å²) >= 11 is 0. The molecule has 2 aromatic rings. The van der Waals surface area contributed by atoms with Gasteiger partial charge in [0.1, 0.15) is 0 Å². The molecule has 0 spiro atoms. The molecule has 2 amide bonds. The van der Waals surface area contributed by atoms with Crippen LogP contribution in [0.3, 0.4) is 0 Å². The number of aromatic nitrogens is 3. The third-order valence-corrected chi connectivity index (χ3v) is 4.92. The first-order valence-corrected chi connectivity index (χ1v) is 8.17. The molecule has 124 valence electrons. The Morgan fingerprint density at radius 1 is 1.21 bits per heavy atom. The van der Waals surface area contributed by atoms with Crippen LogP contribution in [0.4, 0.5) is 5.69 Å². The Bertz CT molecular complexity index is 772. The Kier molecular flexibility index (Phi) is 3.55. The van der Waals surface area contributed by atoms with Gasteiger partial charge in [-0.2, -0.15) is 5.10 Å². The predicted octanol–water partition coefficient (Wildman–Crippen LogP) is 1.23. The van der Waals surface area contributed by atoms with Crippen molar-refractivity contribution >= 4 is 17.5 Å². The molecule has 2 aliphatic heterocycles. The van der Waals surface area contributed by atoms with E-state index >= 15 is 0 Å². The molecule has 2 atom stereocenters. The summed E-state index contributed by atoms with van der Waals surface area (Å²) in [4.78, 5) is 33.0. The number of amides is 2. The van der Waals surface area contributed by atoms with Gasteiger partial charge in [-0.3, -0.25) is 19.3 Å². The highest BCUT2D eigenvalue weighted by Crippen LogP contribution is 2.35. The summed E-state index contributed by atoms with van der Waals surface area (Å²) in [7, 11) is 1.84. The maximum absolute atomic E-state index is 12.8. The molecule has 4 heterocycles. The summed E-state index contributed by atoms with van der Waals surface area (Å²) in [6, 6.07) is 3.57. The minimum atomic E-state index is 0.0189. The zero-order valence-electron chi connectivity index (χ0n) is 13.5. The monoisotopic (exact) mass is 325 g/mol. The van der Waals surface area contributed by atoms with Gasteiger partial charge >= 0.3 is 0 Å². The van der Waals surface area contributed by atoms with Crippen LogP contribution in [-0.4, -0.2) is 50.1 Å². The van der Waals surface area contributed by atoms with Crippen molar-refractivity contribution in [3.05, 3.63) is 42.5 Å². The number of fused-ring (bicyclic) bond motifs is 1. The van der Waals surface area contributed by atoms with Crippen LogP contribution in [0.5, 0.6) is 0 Å². The van der Waals surface area contributed by atoms with Gasteiger partial charge in [-0.05, 0) is 25.0 Å². The van der Waals surface area contributed by atoms with Gasteiger partial charge in [0.15, 0.2) is 0 Å². The van der Waals surface area contributed by atoms with E-state index in [0.717, 1.165) is 18.5 Å². The second kappa shape index (κ2) is 5.74. The predicted molar refractivity (Wildman–Crippen MR) is 87.4 cm³/mol. The Labute approximate surface area is 139 Å².